The van der Waals surface area contributed by atoms with E-state index in [-0.39, 0.29) is 29.4 Å². The number of hydrogen-bond donors (Lipinski definition) is 1. The SMILES string of the molecule is CN(Cc1nc2ccsc2c(=O)[nH]1)c1cc(C(F)(F)F)nc(-c2ccccn2)n1. The van der Waals surface area contributed by atoms with Crippen LogP contribution in [0.15, 0.2) is 46.7 Å². The minimum Gasteiger partial charge on any atom is -0.352 e. The van der Waals surface area contributed by atoms with Crippen LogP contribution in [0.5, 0.6) is 0 Å². The molecule has 0 aliphatic rings. The van der Waals surface area contributed by atoms with Crippen LogP contribution in [0, 0.1) is 0 Å². The maximum absolute atomic E-state index is 13.4. The number of aromatic amines is 1. The lowest BCUT2D eigenvalue weighted by Gasteiger charge is -2.19. The number of aromatic nitrogens is 5. The molecule has 0 aliphatic heterocycles. The molecule has 0 saturated carbocycles. The Morgan fingerprint density at radius 3 is 2.72 bits per heavy atom. The van der Waals surface area contributed by atoms with Gasteiger partial charge in [-0.25, -0.2) is 15.0 Å². The Labute approximate surface area is 165 Å². The number of halogens is 3. The van der Waals surface area contributed by atoms with E-state index in [4.69, 9.17) is 0 Å². The average Bonchev–Trinajstić information content (AvgIpc) is 3.17. The summed E-state index contributed by atoms with van der Waals surface area (Å²) in [6, 6.07) is 7.38. The smallest absolute Gasteiger partial charge is 0.352 e. The van der Waals surface area contributed by atoms with Gasteiger partial charge in [-0.2, -0.15) is 13.2 Å². The van der Waals surface area contributed by atoms with Crippen LogP contribution in [0.1, 0.15) is 11.5 Å². The number of alkyl halides is 3. The van der Waals surface area contributed by atoms with E-state index >= 15 is 0 Å². The van der Waals surface area contributed by atoms with Crippen molar-refractivity contribution in [1.82, 2.24) is 24.9 Å². The summed E-state index contributed by atoms with van der Waals surface area (Å²) in [7, 11) is 1.56. The maximum atomic E-state index is 13.4. The molecule has 0 unspecified atom stereocenters. The van der Waals surface area contributed by atoms with Gasteiger partial charge in [0.25, 0.3) is 5.56 Å². The molecule has 148 valence electrons. The fourth-order valence-electron chi connectivity index (χ4n) is 2.69. The standard InChI is InChI=1S/C18H13F3N6OS/c1-27(9-13-23-10-5-7-29-15(10)17(28)25-13)14-8-12(18(19,20)21)24-16(26-14)11-4-2-3-6-22-11/h2-8H,9H2,1H3,(H,23,25,28). The molecule has 0 amide bonds. The van der Waals surface area contributed by atoms with Crippen molar-refractivity contribution in [3.63, 3.8) is 0 Å². The van der Waals surface area contributed by atoms with Crippen LogP contribution in [-0.4, -0.2) is 32.0 Å². The molecule has 4 heterocycles. The largest absolute Gasteiger partial charge is 0.433 e. The van der Waals surface area contributed by atoms with Gasteiger partial charge in [-0.3, -0.25) is 9.78 Å². The zero-order chi connectivity index (χ0) is 20.6. The Morgan fingerprint density at radius 1 is 1.17 bits per heavy atom. The highest BCUT2D eigenvalue weighted by Crippen LogP contribution is 2.31. The van der Waals surface area contributed by atoms with Gasteiger partial charge in [0.15, 0.2) is 11.5 Å². The Hall–Kier alpha value is -3.34. The number of nitrogens with one attached hydrogen (secondary N) is 1. The first kappa shape index (κ1) is 19.0. The summed E-state index contributed by atoms with van der Waals surface area (Å²) in [5.74, 6) is 0.202. The molecule has 0 saturated heterocycles. The first-order chi connectivity index (χ1) is 13.8. The van der Waals surface area contributed by atoms with Crippen LogP contribution in [-0.2, 0) is 12.7 Å². The molecule has 0 radical (unpaired) electrons. The first-order valence-corrected chi connectivity index (χ1v) is 9.24. The third-order valence-corrected chi connectivity index (χ3v) is 4.94. The zero-order valence-electron chi connectivity index (χ0n) is 14.9. The molecular weight excluding hydrogens is 405 g/mol. The van der Waals surface area contributed by atoms with Crippen LogP contribution in [0.4, 0.5) is 19.0 Å². The van der Waals surface area contributed by atoms with Crippen molar-refractivity contribution in [1.29, 1.82) is 0 Å². The highest BCUT2D eigenvalue weighted by molar-refractivity contribution is 7.17. The molecule has 0 aliphatic carbocycles. The monoisotopic (exact) mass is 418 g/mol. The summed E-state index contributed by atoms with van der Waals surface area (Å²) >= 11 is 1.27. The molecule has 4 aromatic rings. The molecule has 0 atom stereocenters. The lowest BCUT2D eigenvalue weighted by atomic mass is 10.3. The highest BCUT2D eigenvalue weighted by Gasteiger charge is 2.34. The molecule has 0 aromatic carbocycles. The predicted octanol–water partition coefficient (Wildman–Crippen LogP) is 3.49. The van der Waals surface area contributed by atoms with E-state index in [0.717, 1.165) is 6.07 Å². The second-order valence-corrected chi connectivity index (χ2v) is 7.07. The minimum atomic E-state index is -4.65. The van der Waals surface area contributed by atoms with Gasteiger partial charge in [0.05, 0.1) is 12.1 Å². The molecular formula is C18H13F3N6OS. The molecule has 4 aromatic heterocycles. The van der Waals surface area contributed by atoms with E-state index in [0.29, 0.717) is 16.0 Å². The number of hydrogen-bond acceptors (Lipinski definition) is 7. The Bertz CT molecular complexity index is 1220. The van der Waals surface area contributed by atoms with E-state index in [1.54, 1.807) is 30.6 Å². The van der Waals surface area contributed by atoms with Crippen molar-refractivity contribution in [2.75, 3.05) is 11.9 Å². The highest BCUT2D eigenvalue weighted by atomic mass is 32.1. The second-order valence-electron chi connectivity index (χ2n) is 6.15. The van der Waals surface area contributed by atoms with Crippen molar-refractivity contribution in [2.24, 2.45) is 0 Å². The molecule has 0 fully saturated rings. The molecule has 1 N–H and O–H groups in total. The van der Waals surface area contributed by atoms with Crippen LogP contribution in [0.2, 0.25) is 0 Å². The van der Waals surface area contributed by atoms with Crippen molar-refractivity contribution in [3.05, 3.63) is 63.8 Å². The minimum absolute atomic E-state index is 0.0287. The van der Waals surface area contributed by atoms with Gasteiger partial charge in [0, 0.05) is 19.3 Å². The van der Waals surface area contributed by atoms with Gasteiger partial charge >= 0.3 is 6.18 Å². The summed E-state index contributed by atoms with van der Waals surface area (Å²) in [6.07, 6.45) is -3.20. The van der Waals surface area contributed by atoms with E-state index in [2.05, 4.69) is 24.9 Å². The first-order valence-electron chi connectivity index (χ1n) is 8.36. The summed E-state index contributed by atoms with van der Waals surface area (Å²) in [5.41, 5.74) is -0.611. The van der Waals surface area contributed by atoms with Gasteiger partial charge in [0.2, 0.25) is 0 Å². The molecule has 0 bridgehead atoms. The van der Waals surface area contributed by atoms with Crippen molar-refractivity contribution < 1.29 is 13.2 Å². The molecule has 11 heteroatoms. The predicted molar refractivity (Wildman–Crippen MR) is 103 cm³/mol. The van der Waals surface area contributed by atoms with E-state index < -0.39 is 11.9 Å². The van der Waals surface area contributed by atoms with Crippen LogP contribution >= 0.6 is 11.3 Å². The summed E-state index contributed by atoms with van der Waals surface area (Å²) in [6.45, 7) is 0.0526. The van der Waals surface area contributed by atoms with E-state index in [1.807, 2.05) is 0 Å². The van der Waals surface area contributed by atoms with E-state index in [1.165, 1.54) is 28.5 Å². The van der Waals surface area contributed by atoms with E-state index in [9.17, 15) is 18.0 Å². The van der Waals surface area contributed by atoms with Gasteiger partial charge in [-0.1, -0.05) is 6.07 Å². The third-order valence-electron chi connectivity index (χ3n) is 4.04. The molecule has 0 spiro atoms. The van der Waals surface area contributed by atoms with Crippen LogP contribution in [0.3, 0.4) is 0 Å². The average molecular weight is 418 g/mol. The second kappa shape index (κ2) is 7.24. The van der Waals surface area contributed by atoms with Gasteiger partial charge in [-0.15, -0.1) is 11.3 Å². The Morgan fingerprint density at radius 2 is 2.00 bits per heavy atom. The topological polar surface area (TPSA) is 87.7 Å². The zero-order valence-corrected chi connectivity index (χ0v) is 15.8. The fraction of sp³-hybridized carbons (Fsp3) is 0.167. The normalized spacial score (nSPS) is 11.7. The lowest BCUT2D eigenvalue weighted by Crippen LogP contribution is -2.23. The van der Waals surface area contributed by atoms with Gasteiger partial charge in [0.1, 0.15) is 22.0 Å². The maximum Gasteiger partial charge on any atom is 0.433 e. The van der Waals surface area contributed by atoms with Crippen LogP contribution < -0.4 is 10.5 Å². The molecule has 7 nitrogen and oxygen atoms in total. The van der Waals surface area contributed by atoms with Gasteiger partial charge in [-0.05, 0) is 23.6 Å². The Kier molecular flexibility index (Phi) is 4.74. The Balaban J connectivity index is 1.73. The number of H-pyrrole nitrogens is 1. The fourth-order valence-corrected chi connectivity index (χ4v) is 3.41. The van der Waals surface area contributed by atoms with Gasteiger partial charge < -0.3 is 9.88 Å². The number of anilines is 1. The number of thiophene rings is 1. The number of rotatable bonds is 4. The lowest BCUT2D eigenvalue weighted by molar-refractivity contribution is -0.141. The molecule has 4 rings (SSSR count). The number of nitrogens with zero attached hydrogens (tertiary/aromatic N) is 5. The van der Waals surface area contributed by atoms with Crippen molar-refractivity contribution in [3.8, 4) is 11.5 Å². The summed E-state index contributed by atoms with van der Waals surface area (Å²) in [4.78, 5) is 32.4. The van der Waals surface area contributed by atoms with Crippen molar-refractivity contribution in [2.45, 2.75) is 12.7 Å². The summed E-state index contributed by atoms with van der Waals surface area (Å²) in [5, 5.41) is 1.75. The quantitative estimate of drug-likeness (QED) is 0.546. The van der Waals surface area contributed by atoms with Crippen molar-refractivity contribution >= 4 is 27.4 Å². The number of pyridine rings is 1. The van der Waals surface area contributed by atoms with Crippen LogP contribution in [0.25, 0.3) is 21.7 Å². The number of fused-ring (bicyclic) bond motifs is 1. The third kappa shape index (κ3) is 3.94. The molecule has 29 heavy (non-hydrogen) atoms. The summed E-state index contributed by atoms with van der Waals surface area (Å²) < 4.78 is 40.6.